The predicted octanol–water partition coefficient (Wildman–Crippen LogP) is 2.94. The number of anilines is 1. The van der Waals surface area contributed by atoms with Crippen molar-refractivity contribution in [3.63, 3.8) is 0 Å². The maximum Gasteiger partial charge on any atom is 0.363 e. The monoisotopic (exact) mass is 370 g/mol. The first kappa shape index (κ1) is 16.8. The van der Waals surface area contributed by atoms with E-state index in [1.165, 1.54) is 5.00 Å². The minimum Gasteiger partial charge on any atom is -0.497 e. The summed E-state index contributed by atoms with van der Waals surface area (Å²) in [7, 11) is 1.61. The molecule has 6 nitrogen and oxygen atoms in total. The zero-order chi connectivity index (χ0) is 17.9. The van der Waals surface area contributed by atoms with Crippen molar-refractivity contribution < 1.29 is 19.0 Å². The van der Waals surface area contributed by atoms with Crippen molar-refractivity contribution >= 4 is 34.3 Å². The van der Waals surface area contributed by atoms with Crippen LogP contribution in [0.25, 0.3) is 6.08 Å². The van der Waals surface area contributed by atoms with Gasteiger partial charge in [-0.2, -0.15) is 0 Å². The van der Waals surface area contributed by atoms with Crippen LogP contribution in [-0.4, -0.2) is 45.3 Å². The number of hydrogen-bond acceptors (Lipinski definition) is 7. The van der Waals surface area contributed by atoms with E-state index in [1.54, 1.807) is 36.7 Å². The molecule has 134 valence electrons. The van der Waals surface area contributed by atoms with Gasteiger partial charge in [-0.25, -0.2) is 9.79 Å². The maximum absolute atomic E-state index is 12.1. The van der Waals surface area contributed by atoms with E-state index in [-0.39, 0.29) is 0 Å². The zero-order valence-corrected chi connectivity index (χ0v) is 15.1. The highest BCUT2D eigenvalue weighted by molar-refractivity contribution is 7.16. The number of esters is 1. The molecule has 0 spiro atoms. The smallest absolute Gasteiger partial charge is 0.363 e. The first-order valence-electron chi connectivity index (χ1n) is 8.32. The molecule has 3 heterocycles. The molecule has 0 N–H and O–H groups in total. The Morgan fingerprint density at radius 3 is 2.65 bits per heavy atom. The number of carbonyl (C=O) groups is 1. The van der Waals surface area contributed by atoms with Crippen LogP contribution in [0.5, 0.6) is 5.75 Å². The van der Waals surface area contributed by atoms with Crippen molar-refractivity contribution in [2.75, 3.05) is 38.3 Å². The lowest BCUT2D eigenvalue weighted by atomic mass is 10.2. The van der Waals surface area contributed by atoms with Crippen LogP contribution >= 0.6 is 11.3 Å². The van der Waals surface area contributed by atoms with Crippen LogP contribution in [0.15, 0.2) is 47.1 Å². The first-order chi connectivity index (χ1) is 12.7. The molecule has 0 atom stereocenters. The summed E-state index contributed by atoms with van der Waals surface area (Å²) >= 11 is 1.63. The van der Waals surface area contributed by atoms with Crippen molar-refractivity contribution in [1.29, 1.82) is 0 Å². The second-order valence-corrected chi connectivity index (χ2v) is 6.93. The van der Waals surface area contributed by atoms with Gasteiger partial charge in [-0.05, 0) is 42.5 Å². The van der Waals surface area contributed by atoms with Crippen molar-refractivity contribution in [2.45, 2.75) is 0 Å². The summed E-state index contributed by atoms with van der Waals surface area (Å²) in [6, 6.07) is 11.3. The van der Waals surface area contributed by atoms with Crippen LogP contribution in [0.4, 0.5) is 5.00 Å². The van der Waals surface area contributed by atoms with E-state index >= 15 is 0 Å². The van der Waals surface area contributed by atoms with Gasteiger partial charge in [0.2, 0.25) is 5.90 Å². The second kappa shape index (κ2) is 7.31. The van der Waals surface area contributed by atoms with Crippen molar-refractivity contribution in [3.05, 3.63) is 52.5 Å². The number of aliphatic imine (C=N–C) groups is 1. The van der Waals surface area contributed by atoms with Gasteiger partial charge >= 0.3 is 5.97 Å². The second-order valence-electron chi connectivity index (χ2n) is 5.84. The SMILES string of the molecule is COc1ccc(C2=NC(=Cc3ccc(N4CCOCC4)s3)C(=O)O2)cc1. The van der Waals surface area contributed by atoms with Gasteiger partial charge in [0.1, 0.15) is 5.75 Å². The number of thiophene rings is 1. The molecule has 1 saturated heterocycles. The summed E-state index contributed by atoms with van der Waals surface area (Å²) in [6.45, 7) is 3.27. The Balaban J connectivity index is 1.53. The van der Waals surface area contributed by atoms with Gasteiger partial charge in [0, 0.05) is 23.5 Å². The van der Waals surface area contributed by atoms with E-state index in [4.69, 9.17) is 14.2 Å². The number of hydrogen-bond donors (Lipinski definition) is 0. The summed E-state index contributed by atoms with van der Waals surface area (Å²) < 4.78 is 15.8. The van der Waals surface area contributed by atoms with E-state index in [0.717, 1.165) is 42.5 Å². The Morgan fingerprint density at radius 2 is 1.92 bits per heavy atom. The van der Waals surface area contributed by atoms with Crippen molar-refractivity contribution in [2.24, 2.45) is 4.99 Å². The number of cyclic esters (lactones) is 1. The molecule has 0 radical (unpaired) electrons. The number of benzene rings is 1. The number of carbonyl (C=O) groups excluding carboxylic acids is 1. The van der Waals surface area contributed by atoms with Gasteiger partial charge in [0.05, 0.1) is 25.3 Å². The molecule has 1 aromatic carbocycles. The fourth-order valence-electron chi connectivity index (χ4n) is 2.77. The molecule has 0 unspecified atom stereocenters. The largest absolute Gasteiger partial charge is 0.497 e. The third kappa shape index (κ3) is 3.49. The fraction of sp³-hybridized carbons (Fsp3) is 0.263. The molecule has 0 amide bonds. The number of nitrogens with zero attached hydrogens (tertiary/aromatic N) is 2. The van der Waals surface area contributed by atoms with E-state index < -0.39 is 5.97 Å². The van der Waals surface area contributed by atoms with Gasteiger partial charge in [-0.1, -0.05) is 0 Å². The molecule has 0 bridgehead atoms. The number of rotatable bonds is 4. The third-order valence-corrected chi connectivity index (χ3v) is 5.26. The highest BCUT2D eigenvalue weighted by atomic mass is 32.1. The summed E-state index contributed by atoms with van der Waals surface area (Å²) in [5.74, 6) is 0.620. The molecular formula is C19H18N2O4S. The molecule has 7 heteroatoms. The number of morpholine rings is 1. The molecule has 2 aromatic rings. The van der Waals surface area contributed by atoms with Gasteiger partial charge in [0.15, 0.2) is 5.70 Å². The van der Waals surface area contributed by atoms with Crippen molar-refractivity contribution in [3.8, 4) is 5.75 Å². The topological polar surface area (TPSA) is 60.4 Å². The van der Waals surface area contributed by atoms with Crippen LogP contribution in [0.2, 0.25) is 0 Å². The highest BCUT2D eigenvalue weighted by Gasteiger charge is 2.24. The Kier molecular flexibility index (Phi) is 4.73. The van der Waals surface area contributed by atoms with Crippen LogP contribution < -0.4 is 9.64 Å². The lowest BCUT2D eigenvalue weighted by molar-refractivity contribution is -0.129. The molecule has 2 aliphatic heterocycles. The maximum atomic E-state index is 12.1. The average Bonchev–Trinajstić information content (AvgIpc) is 3.30. The standard InChI is InChI=1S/C19H18N2O4S/c1-23-14-4-2-13(3-5-14)18-20-16(19(22)25-18)12-15-6-7-17(26-15)21-8-10-24-11-9-21/h2-7,12H,8-11H2,1H3. The first-order valence-corrected chi connectivity index (χ1v) is 9.14. The van der Waals surface area contributed by atoms with E-state index in [1.807, 2.05) is 18.2 Å². The number of ether oxygens (including phenoxy) is 3. The van der Waals surface area contributed by atoms with Gasteiger partial charge in [-0.15, -0.1) is 11.3 Å². The van der Waals surface area contributed by atoms with Gasteiger partial charge in [0.25, 0.3) is 0 Å². The van der Waals surface area contributed by atoms with Gasteiger partial charge < -0.3 is 19.1 Å². The molecular weight excluding hydrogens is 352 g/mol. The highest BCUT2D eigenvalue weighted by Crippen LogP contribution is 2.29. The minimum absolute atomic E-state index is 0.311. The quantitative estimate of drug-likeness (QED) is 0.612. The molecule has 2 aliphatic rings. The fourth-order valence-corrected chi connectivity index (χ4v) is 3.77. The van der Waals surface area contributed by atoms with E-state index in [2.05, 4.69) is 16.0 Å². The molecule has 1 fully saturated rings. The van der Waals surface area contributed by atoms with E-state index in [9.17, 15) is 4.79 Å². The molecule has 26 heavy (non-hydrogen) atoms. The molecule has 1 aromatic heterocycles. The lowest BCUT2D eigenvalue weighted by Crippen LogP contribution is -2.35. The van der Waals surface area contributed by atoms with Crippen molar-refractivity contribution in [1.82, 2.24) is 0 Å². The van der Waals surface area contributed by atoms with E-state index in [0.29, 0.717) is 11.6 Å². The summed E-state index contributed by atoms with van der Waals surface area (Å²) in [6.07, 6.45) is 1.77. The Hall–Kier alpha value is -2.64. The Labute approximate surface area is 155 Å². The third-order valence-electron chi connectivity index (χ3n) is 4.17. The van der Waals surface area contributed by atoms with Crippen LogP contribution in [0.1, 0.15) is 10.4 Å². The van der Waals surface area contributed by atoms with Crippen LogP contribution in [0, 0.1) is 0 Å². The normalized spacial score (nSPS) is 18.8. The summed E-state index contributed by atoms with van der Waals surface area (Å²) in [5.41, 5.74) is 1.05. The Bertz CT molecular complexity index is 864. The van der Waals surface area contributed by atoms with Crippen LogP contribution in [-0.2, 0) is 14.3 Å². The lowest BCUT2D eigenvalue weighted by Gasteiger charge is -2.27. The zero-order valence-electron chi connectivity index (χ0n) is 14.3. The minimum atomic E-state index is -0.433. The van der Waals surface area contributed by atoms with Crippen LogP contribution in [0.3, 0.4) is 0 Å². The summed E-state index contributed by atoms with van der Waals surface area (Å²) in [4.78, 5) is 19.7. The number of methoxy groups -OCH3 is 1. The molecule has 0 saturated carbocycles. The molecule has 4 rings (SSSR count). The van der Waals surface area contributed by atoms with Gasteiger partial charge in [-0.3, -0.25) is 0 Å². The molecule has 0 aliphatic carbocycles. The summed E-state index contributed by atoms with van der Waals surface area (Å²) in [5, 5.41) is 1.17. The average molecular weight is 370 g/mol. The Morgan fingerprint density at radius 1 is 1.15 bits per heavy atom. The predicted molar refractivity (Wildman–Crippen MR) is 101 cm³/mol.